The van der Waals surface area contributed by atoms with Gasteiger partial charge in [0.2, 0.25) is 11.8 Å². The molecule has 5 heteroatoms. The van der Waals surface area contributed by atoms with E-state index in [-0.39, 0.29) is 17.9 Å². The molecule has 3 N–H and O–H groups in total. The molecular weight excluding hydrogens is 244 g/mol. The molecule has 1 unspecified atom stereocenters. The van der Waals surface area contributed by atoms with Crippen LogP contribution >= 0.6 is 0 Å². The fourth-order valence-corrected chi connectivity index (χ4v) is 2.28. The van der Waals surface area contributed by atoms with Gasteiger partial charge in [0.15, 0.2) is 0 Å². The van der Waals surface area contributed by atoms with Crippen LogP contribution in [-0.4, -0.2) is 23.0 Å². The lowest BCUT2D eigenvalue weighted by molar-refractivity contribution is -0.134. The normalized spacial score (nSPS) is 19.4. The number of aromatic hydroxyl groups is 1. The smallest absolute Gasteiger partial charge is 0.243 e. The zero-order valence-electron chi connectivity index (χ0n) is 11.1. The summed E-state index contributed by atoms with van der Waals surface area (Å²) in [6.45, 7) is 4.23. The second kappa shape index (κ2) is 5.40. The molecule has 102 valence electrons. The van der Waals surface area contributed by atoms with Gasteiger partial charge in [0.05, 0.1) is 6.04 Å². The molecule has 1 fully saturated rings. The lowest BCUT2D eigenvalue weighted by Gasteiger charge is -2.22. The van der Waals surface area contributed by atoms with Crippen molar-refractivity contribution in [1.82, 2.24) is 10.6 Å². The van der Waals surface area contributed by atoms with Crippen LogP contribution in [0.15, 0.2) is 12.1 Å². The van der Waals surface area contributed by atoms with E-state index in [0.717, 1.165) is 16.7 Å². The number of rotatable bonds is 3. The number of carbonyl (C=O) groups is 2. The monoisotopic (exact) mass is 262 g/mol. The molecule has 2 rings (SSSR count). The number of hydrogen-bond acceptors (Lipinski definition) is 4. The summed E-state index contributed by atoms with van der Waals surface area (Å²) < 4.78 is 0. The van der Waals surface area contributed by atoms with Gasteiger partial charge in [-0.1, -0.05) is 12.1 Å². The summed E-state index contributed by atoms with van der Waals surface area (Å²) in [5.74, 6) is -0.160. The number of amides is 2. The van der Waals surface area contributed by atoms with Crippen molar-refractivity contribution in [2.75, 3.05) is 0 Å². The average Bonchev–Trinajstić information content (AvgIpc) is 2.34. The quantitative estimate of drug-likeness (QED) is 0.707. The summed E-state index contributed by atoms with van der Waals surface area (Å²) in [6, 6.07) is 3.45. The number of benzene rings is 1. The summed E-state index contributed by atoms with van der Waals surface area (Å²) in [5.41, 5.74) is 2.65. The summed E-state index contributed by atoms with van der Waals surface area (Å²) >= 11 is 0. The van der Waals surface area contributed by atoms with E-state index >= 15 is 0 Å². The van der Waals surface area contributed by atoms with Crippen molar-refractivity contribution in [2.45, 2.75) is 39.3 Å². The van der Waals surface area contributed by atoms with Gasteiger partial charge >= 0.3 is 0 Å². The van der Waals surface area contributed by atoms with Gasteiger partial charge in [-0.15, -0.1) is 0 Å². The molecule has 0 radical (unpaired) electrons. The van der Waals surface area contributed by atoms with Crippen LogP contribution in [0.5, 0.6) is 5.75 Å². The Kier molecular flexibility index (Phi) is 3.85. The number of phenolic OH excluding ortho intramolecular Hbond substituents is 1. The van der Waals surface area contributed by atoms with Crippen LogP contribution in [0.2, 0.25) is 0 Å². The van der Waals surface area contributed by atoms with E-state index in [1.54, 1.807) is 0 Å². The number of aryl methyl sites for hydroxylation is 2. The van der Waals surface area contributed by atoms with Gasteiger partial charge in [0.1, 0.15) is 5.75 Å². The summed E-state index contributed by atoms with van der Waals surface area (Å²) in [5, 5.41) is 15.2. The molecule has 2 amide bonds. The highest BCUT2D eigenvalue weighted by Crippen LogP contribution is 2.22. The molecule has 0 aliphatic carbocycles. The van der Waals surface area contributed by atoms with Crippen molar-refractivity contribution in [2.24, 2.45) is 0 Å². The highest BCUT2D eigenvalue weighted by Gasteiger charge is 2.25. The highest BCUT2D eigenvalue weighted by molar-refractivity contribution is 6.00. The third-order valence-corrected chi connectivity index (χ3v) is 3.34. The Hall–Kier alpha value is -1.88. The molecule has 5 nitrogen and oxygen atoms in total. The van der Waals surface area contributed by atoms with Crippen LogP contribution in [0.1, 0.15) is 29.5 Å². The largest absolute Gasteiger partial charge is 0.507 e. The van der Waals surface area contributed by atoms with Gasteiger partial charge in [-0.3, -0.25) is 14.9 Å². The molecule has 1 aliphatic rings. The Morgan fingerprint density at radius 3 is 2.53 bits per heavy atom. The molecule has 1 aliphatic heterocycles. The first-order valence-electron chi connectivity index (χ1n) is 6.33. The Labute approximate surface area is 112 Å². The zero-order valence-corrected chi connectivity index (χ0v) is 11.1. The fraction of sp³-hybridized carbons (Fsp3) is 0.429. The van der Waals surface area contributed by atoms with Gasteiger partial charge in [-0.2, -0.15) is 0 Å². The Morgan fingerprint density at radius 1 is 1.32 bits per heavy atom. The van der Waals surface area contributed by atoms with Crippen molar-refractivity contribution in [1.29, 1.82) is 0 Å². The molecule has 0 spiro atoms. The maximum Gasteiger partial charge on any atom is 0.243 e. The minimum atomic E-state index is -0.327. The third kappa shape index (κ3) is 3.12. The van der Waals surface area contributed by atoms with E-state index in [1.165, 1.54) is 0 Å². The Balaban J connectivity index is 1.99. The average molecular weight is 262 g/mol. The second-order valence-electron chi connectivity index (χ2n) is 4.96. The topological polar surface area (TPSA) is 78.4 Å². The van der Waals surface area contributed by atoms with Crippen molar-refractivity contribution in [3.8, 4) is 5.75 Å². The fourth-order valence-electron chi connectivity index (χ4n) is 2.28. The number of nitrogens with one attached hydrogen (secondary N) is 2. The molecule has 1 aromatic rings. The first kappa shape index (κ1) is 13.5. The van der Waals surface area contributed by atoms with Crippen molar-refractivity contribution in [3.05, 3.63) is 28.8 Å². The molecule has 1 saturated heterocycles. The van der Waals surface area contributed by atoms with Crippen LogP contribution in [0.25, 0.3) is 0 Å². The molecule has 0 aromatic heterocycles. The van der Waals surface area contributed by atoms with Crippen molar-refractivity contribution in [3.63, 3.8) is 0 Å². The van der Waals surface area contributed by atoms with Crippen LogP contribution in [0.3, 0.4) is 0 Å². The van der Waals surface area contributed by atoms with E-state index < -0.39 is 0 Å². The van der Waals surface area contributed by atoms with Crippen molar-refractivity contribution >= 4 is 11.8 Å². The Morgan fingerprint density at radius 2 is 1.95 bits per heavy atom. The zero-order chi connectivity index (χ0) is 14.0. The highest BCUT2D eigenvalue weighted by atomic mass is 16.3. The first-order valence-corrected chi connectivity index (χ1v) is 6.33. The molecular formula is C14H18N2O3. The van der Waals surface area contributed by atoms with Gasteiger partial charge < -0.3 is 10.4 Å². The molecule has 0 saturated carbocycles. The van der Waals surface area contributed by atoms with Crippen LogP contribution < -0.4 is 10.6 Å². The van der Waals surface area contributed by atoms with Crippen LogP contribution in [0.4, 0.5) is 0 Å². The first-order chi connectivity index (χ1) is 8.97. The molecule has 19 heavy (non-hydrogen) atoms. The van der Waals surface area contributed by atoms with E-state index in [4.69, 9.17) is 0 Å². The van der Waals surface area contributed by atoms with Gasteiger partial charge in [0, 0.05) is 13.0 Å². The van der Waals surface area contributed by atoms with Crippen LogP contribution in [-0.2, 0) is 16.1 Å². The van der Waals surface area contributed by atoms with Gasteiger partial charge in [0.25, 0.3) is 0 Å². The molecule has 0 bridgehead atoms. The number of hydrogen-bond donors (Lipinski definition) is 3. The standard InChI is InChI=1S/C14H18N2O3/c1-8-5-10(6-9(2)13(8)18)7-15-11-3-4-12(17)16-14(11)19/h5-6,11,15,18H,3-4,7H2,1-2H3,(H,16,17,19). The minimum absolute atomic E-state index is 0.209. The van der Waals surface area contributed by atoms with Gasteiger partial charge in [-0.25, -0.2) is 0 Å². The summed E-state index contributed by atoms with van der Waals surface area (Å²) in [7, 11) is 0. The third-order valence-electron chi connectivity index (χ3n) is 3.34. The van der Waals surface area contributed by atoms with E-state index in [9.17, 15) is 14.7 Å². The summed E-state index contributed by atoms with van der Waals surface area (Å²) in [4.78, 5) is 22.6. The van der Waals surface area contributed by atoms with E-state index in [2.05, 4.69) is 10.6 Å². The second-order valence-corrected chi connectivity index (χ2v) is 4.96. The van der Waals surface area contributed by atoms with E-state index in [1.807, 2.05) is 26.0 Å². The minimum Gasteiger partial charge on any atom is -0.507 e. The van der Waals surface area contributed by atoms with Crippen LogP contribution in [0, 0.1) is 13.8 Å². The van der Waals surface area contributed by atoms with Crippen molar-refractivity contribution < 1.29 is 14.7 Å². The number of phenols is 1. The number of carbonyl (C=O) groups excluding carboxylic acids is 2. The lowest BCUT2D eigenvalue weighted by Crippen LogP contribution is -2.50. The Bertz CT molecular complexity index is 502. The predicted octanol–water partition coefficient (Wildman–Crippen LogP) is 0.904. The molecule has 1 atom stereocenters. The number of imide groups is 1. The molecule has 1 aromatic carbocycles. The summed E-state index contributed by atoms with van der Waals surface area (Å²) in [6.07, 6.45) is 0.901. The SMILES string of the molecule is Cc1cc(CNC2CCC(=O)NC2=O)cc(C)c1O. The maximum absolute atomic E-state index is 11.6. The number of piperidine rings is 1. The lowest BCUT2D eigenvalue weighted by atomic mass is 10.0. The van der Waals surface area contributed by atoms with Gasteiger partial charge in [-0.05, 0) is 37.0 Å². The maximum atomic E-state index is 11.6. The predicted molar refractivity (Wildman–Crippen MR) is 70.6 cm³/mol. The van der Waals surface area contributed by atoms with E-state index in [0.29, 0.717) is 25.1 Å². The molecule has 1 heterocycles.